The van der Waals surface area contributed by atoms with Gasteiger partial charge in [-0.2, -0.15) is 0 Å². The third-order valence-corrected chi connectivity index (χ3v) is 1.77. The average Bonchev–Trinajstić information content (AvgIpc) is 2.02. The minimum absolute atomic E-state index is 0. The number of rotatable bonds is 2. The summed E-state index contributed by atoms with van der Waals surface area (Å²) < 4.78 is 21.0. The minimum atomic E-state index is -3.50. The molecule has 0 spiro atoms. The molecule has 1 aromatic rings. The Morgan fingerprint density at radius 2 is 1.69 bits per heavy atom. The topological polar surface area (TPSA) is 60.2 Å². The van der Waals surface area contributed by atoms with E-state index in [1.807, 2.05) is 18.2 Å². The first-order chi connectivity index (χ1) is 5.58. The molecular weight excluding hydrogens is 213 g/mol. The van der Waals surface area contributed by atoms with E-state index in [2.05, 4.69) is 0 Å². The summed E-state index contributed by atoms with van der Waals surface area (Å²) in [7, 11) is -3.50. The van der Waals surface area contributed by atoms with Gasteiger partial charge in [0.05, 0.1) is 0 Å². The summed E-state index contributed by atoms with van der Waals surface area (Å²) >= 11 is 0. The molecule has 1 aromatic carbocycles. The zero-order valence-corrected chi connectivity index (χ0v) is 7.16. The van der Waals surface area contributed by atoms with Gasteiger partial charge in [-0.05, 0) is 11.6 Å². The molecule has 0 radical (unpaired) electrons. The van der Waals surface area contributed by atoms with Crippen LogP contribution in [0.15, 0.2) is 35.7 Å². The average molecular weight is 223 g/mol. The van der Waals surface area contributed by atoms with E-state index in [0.29, 0.717) is 0 Å². The maximum absolute atomic E-state index is 10.5. The molecule has 0 saturated carbocycles. The third kappa shape index (κ3) is 6.56. The summed E-state index contributed by atoms with van der Waals surface area (Å²) in [6, 6.07) is 9.09. The van der Waals surface area contributed by atoms with Gasteiger partial charge >= 0.3 is 51.4 Å². The van der Waals surface area contributed by atoms with E-state index in [0.717, 1.165) is 11.0 Å². The Labute approximate surface area is 120 Å². The summed E-state index contributed by atoms with van der Waals surface area (Å²) in [5.74, 6) is 0. The molecule has 0 bridgehead atoms. The van der Waals surface area contributed by atoms with Gasteiger partial charge in [-0.3, -0.25) is 0 Å². The van der Waals surface area contributed by atoms with Crippen LogP contribution in [0.4, 0.5) is 0 Å². The fourth-order valence-electron chi connectivity index (χ4n) is 0.738. The van der Waals surface area contributed by atoms with Crippen LogP contribution in [-0.2, 0) is 10.0 Å². The second kappa shape index (κ2) is 6.08. The van der Waals surface area contributed by atoms with E-state index in [-0.39, 0.29) is 51.4 Å². The van der Waals surface area contributed by atoms with E-state index in [9.17, 15) is 8.42 Å². The first-order valence-corrected chi connectivity index (χ1v) is 4.95. The van der Waals surface area contributed by atoms with Crippen LogP contribution in [0.3, 0.4) is 0 Å². The van der Waals surface area contributed by atoms with Crippen molar-refractivity contribution in [2.24, 2.45) is 5.14 Å². The van der Waals surface area contributed by atoms with Crippen molar-refractivity contribution in [3.8, 4) is 0 Å². The van der Waals surface area contributed by atoms with Gasteiger partial charge in [-0.25, -0.2) is 13.6 Å². The molecule has 0 aliphatic rings. The summed E-state index contributed by atoms with van der Waals surface area (Å²) in [6.45, 7) is 0. The number of hydrogen-bond acceptors (Lipinski definition) is 2. The normalized spacial score (nSPS) is 11.2. The van der Waals surface area contributed by atoms with Crippen LogP contribution in [0.1, 0.15) is 5.56 Å². The Morgan fingerprint density at radius 3 is 2.15 bits per heavy atom. The van der Waals surface area contributed by atoms with Crippen LogP contribution in [0.5, 0.6) is 0 Å². The molecule has 0 atom stereocenters. The van der Waals surface area contributed by atoms with Crippen molar-refractivity contribution >= 4 is 67.5 Å². The summed E-state index contributed by atoms with van der Waals surface area (Å²) in [6.07, 6.45) is 1.45. The van der Waals surface area contributed by atoms with E-state index in [4.69, 9.17) is 5.14 Å². The molecular formula is C8H10KNO2S. The standard InChI is InChI=1S/C8H9NO2S.K.H/c9-12(10,11)7-6-8-4-2-1-3-5-8;;/h1-7H,(H2,9,10,11);;. The van der Waals surface area contributed by atoms with Crippen LogP contribution >= 0.6 is 0 Å². The summed E-state index contributed by atoms with van der Waals surface area (Å²) in [5.41, 5.74) is 0.812. The molecule has 0 amide bonds. The Morgan fingerprint density at radius 1 is 1.15 bits per heavy atom. The Kier molecular flexibility index (Phi) is 6.31. The molecule has 5 heteroatoms. The van der Waals surface area contributed by atoms with Crippen molar-refractivity contribution in [3.63, 3.8) is 0 Å². The molecule has 2 N–H and O–H groups in total. The second-order valence-corrected chi connectivity index (χ2v) is 3.75. The number of sulfonamides is 1. The number of hydrogen-bond donors (Lipinski definition) is 1. The van der Waals surface area contributed by atoms with Crippen LogP contribution < -0.4 is 5.14 Å². The van der Waals surface area contributed by atoms with Crippen LogP contribution in [0, 0.1) is 0 Å². The Balaban J connectivity index is 0.00000144. The van der Waals surface area contributed by atoms with Gasteiger partial charge in [0.2, 0.25) is 10.0 Å². The zero-order valence-electron chi connectivity index (χ0n) is 6.34. The Hall–Kier alpha value is 0.506. The van der Waals surface area contributed by atoms with Gasteiger partial charge in [0.25, 0.3) is 0 Å². The van der Waals surface area contributed by atoms with E-state index < -0.39 is 10.0 Å². The molecule has 0 fully saturated rings. The Bertz CT molecular complexity index is 372. The molecule has 3 nitrogen and oxygen atoms in total. The molecule has 13 heavy (non-hydrogen) atoms. The summed E-state index contributed by atoms with van der Waals surface area (Å²) in [5, 5.41) is 5.74. The van der Waals surface area contributed by atoms with Crippen LogP contribution in [0.2, 0.25) is 0 Å². The van der Waals surface area contributed by atoms with Crippen molar-refractivity contribution in [1.29, 1.82) is 0 Å². The molecule has 66 valence electrons. The van der Waals surface area contributed by atoms with Gasteiger partial charge in [0.15, 0.2) is 0 Å². The first kappa shape index (κ1) is 13.5. The van der Waals surface area contributed by atoms with Crippen molar-refractivity contribution in [3.05, 3.63) is 41.3 Å². The van der Waals surface area contributed by atoms with E-state index >= 15 is 0 Å². The second-order valence-electron chi connectivity index (χ2n) is 2.30. The predicted molar refractivity (Wildman–Crippen MR) is 55.7 cm³/mol. The predicted octanol–water partition coefficient (Wildman–Crippen LogP) is 0.297. The quantitative estimate of drug-likeness (QED) is 0.733. The molecule has 0 heterocycles. The van der Waals surface area contributed by atoms with Crippen molar-refractivity contribution in [2.75, 3.05) is 0 Å². The number of primary sulfonamides is 1. The first-order valence-electron chi connectivity index (χ1n) is 3.34. The fourth-order valence-corrected chi connectivity index (χ4v) is 1.08. The zero-order chi connectivity index (χ0) is 9.03. The molecule has 0 aliphatic heterocycles. The molecule has 0 unspecified atom stereocenters. The van der Waals surface area contributed by atoms with Crippen LogP contribution in [0.25, 0.3) is 6.08 Å². The summed E-state index contributed by atoms with van der Waals surface area (Å²) in [4.78, 5) is 0. The number of benzene rings is 1. The number of nitrogens with two attached hydrogens (primary N) is 1. The molecule has 0 aromatic heterocycles. The third-order valence-electron chi connectivity index (χ3n) is 1.25. The molecule has 1 rings (SSSR count). The van der Waals surface area contributed by atoms with Crippen molar-refractivity contribution in [1.82, 2.24) is 0 Å². The maximum atomic E-state index is 10.5. The van der Waals surface area contributed by atoms with Gasteiger partial charge in [-0.1, -0.05) is 30.3 Å². The van der Waals surface area contributed by atoms with Gasteiger partial charge in [-0.15, -0.1) is 0 Å². The van der Waals surface area contributed by atoms with Crippen LogP contribution in [-0.4, -0.2) is 59.8 Å². The SMILES string of the molecule is NS(=O)(=O)C=Cc1ccccc1.[KH]. The van der Waals surface area contributed by atoms with Crippen molar-refractivity contribution in [2.45, 2.75) is 0 Å². The van der Waals surface area contributed by atoms with E-state index in [1.165, 1.54) is 6.08 Å². The molecule has 0 saturated heterocycles. The van der Waals surface area contributed by atoms with Crippen molar-refractivity contribution < 1.29 is 8.42 Å². The van der Waals surface area contributed by atoms with E-state index in [1.54, 1.807) is 12.1 Å². The molecule has 0 aliphatic carbocycles. The van der Waals surface area contributed by atoms with Gasteiger partial charge < -0.3 is 0 Å². The fraction of sp³-hybridized carbons (Fsp3) is 0. The van der Waals surface area contributed by atoms with Gasteiger partial charge in [0.1, 0.15) is 0 Å². The van der Waals surface area contributed by atoms with Gasteiger partial charge in [0, 0.05) is 5.41 Å². The monoisotopic (exact) mass is 223 g/mol.